The maximum Gasteiger partial charge on any atom is 0.0642 e. The number of halogens is 1. The summed E-state index contributed by atoms with van der Waals surface area (Å²) in [5.41, 5.74) is 8.97. The highest BCUT2D eigenvalue weighted by Gasteiger charge is 2.28. The van der Waals surface area contributed by atoms with E-state index in [0.29, 0.717) is 5.41 Å². The summed E-state index contributed by atoms with van der Waals surface area (Å²) in [6, 6.07) is 6.69. The highest BCUT2D eigenvalue weighted by atomic mass is 35.5. The van der Waals surface area contributed by atoms with Crippen molar-refractivity contribution in [3.05, 3.63) is 28.8 Å². The quantitative estimate of drug-likeness (QED) is 0.859. The van der Waals surface area contributed by atoms with Gasteiger partial charge in [0.05, 0.1) is 10.7 Å². The van der Waals surface area contributed by atoms with Gasteiger partial charge in [-0.05, 0) is 48.8 Å². The fraction of sp³-hybridized carbons (Fsp3) is 0.667. The van der Waals surface area contributed by atoms with Crippen LogP contribution in [0.15, 0.2) is 18.2 Å². The molecule has 2 nitrogen and oxygen atoms in total. The second-order valence-corrected chi connectivity index (χ2v) is 7.22. The Morgan fingerprint density at radius 3 is 2.48 bits per heavy atom. The Labute approximate surface area is 134 Å². The molecule has 0 bridgehead atoms. The number of hydrogen-bond acceptors (Lipinski definition) is 2. The lowest BCUT2D eigenvalue weighted by Gasteiger charge is -2.40. The lowest BCUT2D eigenvalue weighted by Crippen LogP contribution is -2.38. The van der Waals surface area contributed by atoms with E-state index in [-0.39, 0.29) is 6.04 Å². The summed E-state index contributed by atoms with van der Waals surface area (Å²) in [6.07, 6.45) is 5.68. The molecular weight excluding hydrogens is 280 g/mol. The first-order chi connectivity index (χ1) is 9.97. The Morgan fingerprint density at radius 1 is 1.29 bits per heavy atom. The average molecular weight is 309 g/mol. The SMILES string of the molecule is CCC(N)Cc1ccc(N2CCC(C)(CC)CC2)c(Cl)c1. The highest BCUT2D eigenvalue weighted by Crippen LogP contribution is 2.37. The van der Waals surface area contributed by atoms with Crippen LogP contribution in [0.2, 0.25) is 5.02 Å². The Hall–Kier alpha value is -0.730. The van der Waals surface area contributed by atoms with Crippen molar-refractivity contribution >= 4 is 17.3 Å². The monoisotopic (exact) mass is 308 g/mol. The van der Waals surface area contributed by atoms with Gasteiger partial charge in [0.2, 0.25) is 0 Å². The molecule has 1 unspecified atom stereocenters. The molecule has 21 heavy (non-hydrogen) atoms. The normalized spacial score (nSPS) is 19.6. The van der Waals surface area contributed by atoms with Crippen molar-refractivity contribution in [2.24, 2.45) is 11.1 Å². The van der Waals surface area contributed by atoms with Gasteiger partial charge in [-0.1, -0.05) is 44.9 Å². The van der Waals surface area contributed by atoms with Crippen LogP contribution in [0.5, 0.6) is 0 Å². The van der Waals surface area contributed by atoms with Gasteiger partial charge >= 0.3 is 0 Å². The largest absolute Gasteiger partial charge is 0.370 e. The van der Waals surface area contributed by atoms with Crippen LogP contribution in [0.4, 0.5) is 5.69 Å². The second-order valence-electron chi connectivity index (χ2n) is 6.81. The third-order valence-corrected chi connectivity index (χ3v) is 5.50. The molecule has 0 spiro atoms. The fourth-order valence-corrected chi connectivity index (χ4v) is 3.34. The van der Waals surface area contributed by atoms with E-state index in [1.165, 1.54) is 30.5 Å². The van der Waals surface area contributed by atoms with Gasteiger partial charge in [-0.3, -0.25) is 0 Å². The predicted octanol–water partition coefficient (Wildman–Crippen LogP) is 4.64. The molecule has 0 radical (unpaired) electrons. The second kappa shape index (κ2) is 7.02. The number of piperidine rings is 1. The van der Waals surface area contributed by atoms with Crippen molar-refractivity contribution in [3.63, 3.8) is 0 Å². The van der Waals surface area contributed by atoms with E-state index in [4.69, 9.17) is 17.3 Å². The van der Waals surface area contributed by atoms with Crippen molar-refractivity contribution in [3.8, 4) is 0 Å². The molecule has 1 aliphatic rings. The third kappa shape index (κ3) is 4.14. The summed E-state index contributed by atoms with van der Waals surface area (Å²) >= 11 is 6.51. The van der Waals surface area contributed by atoms with E-state index in [0.717, 1.165) is 31.0 Å². The molecule has 1 saturated heterocycles. The van der Waals surface area contributed by atoms with Crippen molar-refractivity contribution < 1.29 is 0 Å². The van der Waals surface area contributed by atoms with Crippen molar-refractivity contribution in [1.29, 1.82) is 0 Å². The molecule has 2 rings (SSSR count). The molecule has 1 aliphatic heterocycles. The topological polar surface area (TPSA) is 29.3 Å². The first kappa shape index (κ1) is 16.6. The zero-order valence-corrected chi connectivity index (χ0v) is 14.4. The van der Waals surface area contributed by atoms with E-state index >= 15 is 0 Å². The lowest BCUT2D eigenvalue weighted by molar-refractivity contribution is 0.238. The number of nitrogens with zero attached hydrogens (tertiary/aromatic N) is 1. The molecule has 0 aliphatic carbocycles. The Balaban J connectivity index is 2.05. The highest BCUT2D eigenvalue weighted by molar-refractivity contribution is 6.33. The summed E-state index contributed by atoms with van der Waals surface area (Å²) in [5, 5.41) is 0.871. The first-order valence-corrected chi connectivity index (χ1v) is 8.64. The summed E-state index contributed by atoms with van der Waals surface area (Å²) in [5.74, 6) is 0. The van der Waals surface area contributed by atoms with Crippen LogP contribution in [-0.2, 0) is 6.42 Å². The molecular formula is C18H29ClN2. The van der Waals surface area contributed by atoms with Crippen LogP contribution in [0.25, 0.3) is 0 Å². The molecule has 1 fully saturated rings. The van der Waals surface area contributed by atoms with E-state index in [2.05, 4.69) is 43.9 Å². The van der Waals surface area contributed by atoms with Gasteiger partial charge < -0.3 is 10.6 Å². The maximum absolute atomic E-state index is 6.51. The molecule has 1 aromatic rings. The van der Waals surface area contributed by atoms with Gasteiger partial charge in [-0.25, -0.2) is 0 Å². The van der Waals surface area contributed by atoms with Gasteiger partial charge in [-0.15, -0.1) is 0 Å². The maximum atomic E-state index is 6.51. The van der Waals surface area contributed by atoms with Gasteiger partial charge in [-0.2, -0.15) is 0 Å². The van der Waals surface area contributed by atoms with Gasteiger partial charge in [0.25, 0.3) is 0 Å². The van der Waals surface area contributed by atoms with Gasteiger partial charge in [0.15, 0.2) is 0 Å². The number of benzene rings is 1. The molecule has 0 amide bonds. The van der Waals surface area contributed by atoms with Crippen LogP contribution in [-0.4, -0.2) is 19.1 Å². The molecule has 2 N–H and O–H groups in total. The number of hydrogen-bond donors (Lipinski definition) is 1. The molecule has 118 valence electrons. The fourth-order valence-electron chi connectivity index (χ4n) is 3.02. The smallest absolute Gasteiger partial charge is 0.0642 e. The third-order valence-electron chi connectivity index (χ3n) is 5.20. The zero-order valence-electron chi connectivity index (χ0n) is 13.7. The molecule has 1 heterocycles. The zero-order chi connectivity index (χ0) is 15.5. The van der Waals surface area contributed by atoms with E-state index < -0.39 is 0 Å². The summed E-state index contributed by atoms with van der Waals surface area (Å²) in [4.78, 5) is 2.43. The van der Waals surface area contributed by atoms with Crippen LogP contribution in [0.1, 0.15) is 52.0 Å². The van der Waals surface area contributed by atoms with Gasteiger partial charge in [0.1, 0.15) is 0 Å². The summed E-state index contributed by atoms with van der Waals surface area (Å²) in [7, 11) is 0. The van der Waals surface area contributed by atoms with Crippen LogP contribution >= 0.6 is 11.6 Å². The molecule has 1 atom stereocenters. The predicted molar refractivity (Wildman–Crippen MR) is 93.3 cm³/mol. The number of rotatable bonds is 5. The Kier molecular flexibility index (Phi) is 5.56. The standard InChI is InChI=1S/C18H29ClN2/c1-4-15(20)12-14-6-7-17(16(19)13-14)21-10-8-18(3,5-2)9-11-21/h6-7,13,15H,4-5,8-12,20H2,1-3H3. The van der Waals surface area contributed by atoms with E-state index in [9.17, 15) is 0 Å². The number of nitrogens with two attached hydrogens (primary N) is 1. The molecule has 1 aromatic carbocycles. The van der Waals surface area contributed by atoms with E-state index in [1.807, 2.05) is 0 Å². The number of anilines is 1. The van der Waals surface area contributed by atoms with Crippen LogP contribution < -0.4 is 10.6 Å². The molecule has 0 aromatic heterocycles. The minimum atomic E-state index is 0.229. The van der Waals surface area contributed by atoms with Crippen molar-refractivity contribution in [1.82, 2.24) is 0 Å². The Bertz CT molecular complexity index is 464. The summed E-state index contributed by atoms with van der Waals surface area (Å²) < 4.78 is 0. The average Bonchev–Trinajstić information content (AvgIpc) is 2.48. The molecule has 3 heteroatoms. The van der Waals surface area contributed by atoms with Gasteiger partial charge in [0, 0.05) is 19.1 Å². The lowest BCUT2D eigenvalue weighted by atomic mass is 9.78. The minimum Gasteiger partial charge on any atom is -0.370 e. The minimum absolute atomic E-state index is 0.229. The Morgan fingerprint density at radius 2 is 1.95 bits per heavy atom. The van der Waals surface area contributed by atoms with Crippen LogP contribution in [0, 0.1) is 5.41 Å². The first-order valence-electron chi connectivity index (χ1n) is 8.26. The summed E-state index contributed by atoms with van der Waals surface area (Å²) in [6.45, 7) is 9.05. The van der Waals surface area contributed by atoms with E-state index in [1.54, 1.807) is 0 Å². The van der Waals surface area contributed by atoms with Crippen LogP contribution in [0.3, 0.4) is 0 Å². The van der Waals surface area contributed by atoms with Crippen molar-refractivity contribution in [2.45, 2.75) is 58.9 Å². The molecule has 0 saturated carbocycles. The van der Waals surface area contributed by atoms with Crippen molar-refractivity contribution in [2.75, 3.05) is 18.0 Å².